The van der Waals surface area contributed by atoms with Gasteiger partial charge in [-0.25, -0.2) is 0 Å². The number of allylic oxidation sites excluding steroid dienone is 18. The van der Waals surface area contributed by atoms with Crippen LogP contribution in [0.5, 0.6) is 0 Å². The van der Waals surface area contributed by atoms with E-state index in [1.807, 2.05) is 54.7 Å². The average Bonchev–Trinajstić information content (AvgIpc) is 3.28. The lowest BCUT2D eigenvalue weighted by molar-refractivity contribution is -0.167. The van der Waals surface area contributed by atoms with E-state index in [1.165, 1.54) is 103 Å². The zero-order valence-corrected chi connectivity index (χ0v) is 40.5. The van der Waals surface area contributed by atoms with Crippen LogP contribution in [0.2, 0.25) is 0 Å². The number of hydrogen-bond acceptors (Lipinski definition) is 6. The molecule has 6 nitrogen and oxygen atoms in total. The number of ether oxygens (including phenoxy) is 3. The Morgan fingerprint density at radius 2 is 0.698 bits per heavy atom. The van der Waals surface area contributed by atoms with Crippen molar-refractivity contribution < 1.29 is 28.6 Å². The lowest BCUT2D eigenvalue weighted by atomic mass is 10.0. The fourth-order valence-electron chi connectivity index (χ4n) is 6.58. The Kier molecular flexibility index (Phi) is 47.5. The van der Waals surface area contributed by atoms with Crippen LogP contribution in [0.1, 0.15) is 213 Å². The summed E-state index contributed by atoms with van der Waals surface area (Å²) in [4.78, 5) is 37.9. The van der Waals surface area contributed by atoms with Crippen LogP contribution in [0, 0.1) is 0 Å². The highest BCUT2D eigenvalue weighted by Crippen LogP contribution is 2.15. The first-order valence-corrected chi connectivity index (χ1v) is 25.5. The van der Waals surface area contributed by atoms with E-state index in [4.69, 9.17) is 14.2 Å². The molecule has 0 radical (unpaired) electrons. The number of rotatable bonds is 44. The molecule has 0 aliphatic heterocycles. The summed E-state index contributed by atoms with van der Waals surface area (Å²) in [5, 5.41) is 0. The van der Waals surface area contributed by atoms with Gasteiger partial charge in [-0.1, -0.05) is 233 Å². The zero-order chi connectivity index (χ0) is 45.8. The molecule has 0 saturated heterocycles. The summed E-state index contributed by atoms with van der Waals surface area (Å²) in [5.41, 5.74) is 0. The summed E-state index contributed by atoms with van der Waals surface area (Å²) < 4.78 is 16.7. The van der Waals surface area contributed by atoms with Crippen molar-refractivity contribution >= 4 is 17.9 Å². The first-order valence-electron chi connectivity index (χ1n) is 25.5. The molecule has 0 aromatic carbocycles. The second-order valence-corrected chi connectivity index (χ2v) is 16.5. The lowest BCUT2D eigenvalue weighted by Gasteiger charge is -2.18. The molecule has 6 heteroatoms. The predicted octanol–water partition coefficient (Wildman–Crippen LogP) is 16.8. The standard InChI is InChI=1S/C57H92O6/c1-4-7-10-13-16-19-22-25-27-28-30-32-35-38-41-44-47-50-56(59)62-53-54(52-61-55(58)49-46-43-40-37-34-31-24-21-18-15-12-9-6-3)63-57(60)51-48-45-42-39-36-33-29-26-23-20-17-14-11-8-5-2/h9,12,15-16,18-19,21,24-25,27,30-32,34,37-38,40-41,54H,4-8,10-11,13-14,17,20,22-23,26,28-29,33,35-36,39,42-53H2,1-3H3/b12-9-,18-15-,19-16-,24-21-,27-25-,32-30-,34-31-,40-37-,41-38-. The van der Waals surface area contributed by atoms with Gasteiger partial charge in [0.25, 0.3) is 0 Å². The Bertz CT molecular complexity index is 1330. The van der Waals surface area contributed by atoms with Crippen molar-refractivity contribution in [2.75, 3.05) is 13.2 Å². The van der Waals surface area contributed by atoms with E-state index in [0.717, 1.165) is 57.8 Å². The smallest absolute Gasteiger partial charge is 0.306 e. The van der Waals surface area contributed by atoms with Gasteiger partial charge in [-0.15, -0.1) is 0 Å². The number of carbonyl (C=O) groups is 3. The summed E-state index contributed by atoms with van der Waals surface area (Å²) in [5.74, 6) is -1.06. The molecule has 0 amide bonds. The van der Waals surface area contributed by atoms with Gasteiger partial charge in [0.1, 0.15) is 13.2 Å². The van der Waals surface area contributed by atoms with Crippen molar-refractivity contribution in [3.63, 3.8) is 0 Å². The van der Waals surface area contributed by atoms with Crippen molar-refractivity contribution in [1.29, 1.82) is 0 Å². The maximum Gasteiger partial charge on any atom is 0.306 e. The quantitative estimate of drug-likeness (QED) is 0.0199. The molecule has 1 atom stereocenters. The molecule has 356 valence electrons. The Labute approximate surface area is 387 Å². The molecular weight excluding hydrogens is 781 g/mol. The maximum absolute atomic E-state index is 12.8. The fraction of sp³-hybridized carbons (Fsp3) is 0.632. The van der Waals surface area contributed by atoms with E-state index in [-0.39, 0.29) is 44.0 Å². The number of unbranched alkanes of at least 4 members (excludes halogenated alkanes) is 19. The summed E-state index contributed by atoms with van der Waals surface area (Å²) in [6.45, 7) is 6.34. The van der Waals surface area contributed by atoms with Crippen molar-refractivity contribution in [2.45, 2.75) is 219 Å². The van der Waals surface area contributed by atoms with Crippen LogP contribution in [0.25, 0.3) is 0 Å². The van der Waals surface area contributed by atoms with E-state index in [1.54, 1.807) is 0 Å². The first-order chi connectivity index (χ1) is 31.0. The van der Waals surface area contributed by atoms with Gasteiger partial charge in [0.2, 0.25) is 0 Å². The number of carbonyl (C=O) groups excluding carboxylic acids is 3. The monoisotopic (exact) mass is 873 g/mol. The average molecular weight is 873 g/mol. The van der Waals surface area contributed by atoms with Crippen LogP contribution >= 0.6 is 0 Å². The van der Waals surface area contributed by atoms with E-state index < -0.39 is 6.10 Å². The first kappa shape index (κ1) is 59.1. The minimum absolute atomic E-state index is 0.129. The molecular formula is C57H92O6. The van der Waals surface area contributed by atoms with Gasteiger partial charge >= 0.3 is 17.9 Å². The molecule has 63 heavy (non-hydrogen) atoms. The Morgan fingerprint density at radius 3 is 1.16 bits per heavy atom. The van der Waals surface area contributed by atoms with Crippen LogP contribution < -0.4 is 0 Å². The summed E-state index contributed by atoms with van der Waals surface area (Å²) in [6.07, 6.45) is 68.0. The molecule has 0 aliphatic carbocycles. The Hall–Kier alpha value is -3.93. The molecule has 0 aromatic heterocycles. The second-order valence-electron chi connectivity index (χ2n) is 16.5. The molecule has 0 N–H and O–H groups in total. The molecule has 0 fully saturated rings. The van der Waals surface area contributed by atoms with E-state index >= 15 is 0 Å². The Balaban J connectivity index is 4.57. The molecule has 0 rings (SSSR count). The molecule has 0 heterocycles. The van der Waals surface area contributed by atoms with Gasteiger partial charge in [-0.05, 0) is 70.6 Å². The van der Waals surface area contributed by atoms with Crippen LogP contribution in [-0.4, -0.2) is 37.2 Å². The van der Waals surface area contributed by atoms with Gasteiger partial charge in [0.15, 0.2) is 6.10 Å². The van der Waals surface area contributed by atoms with Crippen molar-refractivity contribution in [3.8, 4) is 0 Å². The number of esters is 3. The molecule has 0 spiro atoms. The fourth-order valence-corrected chi connectivity index (χ4v) is 6.58. The molecule has 1 unspecified atom stereocenters. The summed E-state index contributed by atoms with van der Waals surface area (Å²) >= 11 is 0. The highest BCUT2D eigenvalue weighted by atomic mass is 16.6. The number of hydrogen-bond donors (Lipinski definition) is 0. The van der Waals surface area contributed by atoms with Gasteiger partial charge in [0.05, 0.1) is 0 Å². The van der Waals surface area contributed by atoms with Crippen molar-refractivity contribution in [3.05, 3.63) is 109 Å². The maximum atomic E-state index is 12.8. The van der Waals surface area contributed by atoms with E-state index in [0.29, 0.717) is 19.3 Å². The highest BCUT2D eigenvalue weighted by molar-refractivity contribution is 5.71. The highest BCUT2D eigenvalue weighted by Gasteiger charge is 2.19. The van der Waals surface area contributed by atoms with Crippen LogP contribution in [0.4, 0.5) is 0 Å². The lowest BCUT2D eigenvalue weighted by Crippen LogP contribution is -2.30. The SMILES string of the molecule is CC\C=C/C=C\C=C/C=C\C=C/CCCC(=O)OCC(COC(=O)CCC/C=C\C/C=C\C/C=C\C/C=C\CCCCC)OC(=O)CCCCCCCCCCCCCCCCC. The van der Waals surface area contributed by atoms with Crippen molar-refractivity contribution in [1.82, 2.24) is 0 Å². The molecule has 0 aromatic rings. The minimum atomic E-state index is -0.828. The minimum Gasteiger partial charge on any atom is -0.462 e. The van der Waals surface area contributed by atoms with Gasteiger partial charge < -0.3 is 14.2 Å². The third-order valence-corrected chi connectivity index (χ3v) is 10.4. The van der Waals surface area contributed by atoms with Crippen LogP contribution in [0.3, 0.4) is 0 Å². The normalized spacial score (nSPS) is 13.0. The Morgan fingerprint density at radius 1 is 0.349 bits per heavy atom. The van der Waals surface area contributed by atoms with Crippen LogP contribution in [-0.2, 0) is 28.6 Å². The van der Waals surface area contributed by atoms with Gasteiger partial charge in [-0.3, -0.25) is 14.4 Å². The second kappa shape index (κ2) is 50.7. The molecule has 0 saturated carbocycles. The third kappa shape index (κ3) is 49.0. The van der Waals surface area contributed by atoms with Crippen molar-refractivity contribution in [2.24, 2.45) is 0 Å². The zero-order valence-electron chi connectivity index (χ0n) is 40.5. The summed E-state index contributed by atoms with van der Waals surface area (Å²) in [6, 6.07) is 0. The topological polar surface area (TPSA) is 78.9 Å². The largest absolute Gasteiger partial charge is 0.462 e. The summed E-state index contributed by atoms with van der Waals surface area (Å²) in [7, 11) is 0. The third-order valence-electron chi connectivity index (χ3n) is 10.4. The molecule has 0 bridgehead atoms. The predicted molar refractivity (Wildman–Crippen MR) is 270 cm³/mol. The van der Waals surface area contributed by atoms with Gasteiger partial charge in [0, 0.05) is 19.3 Å². The van der Waals surface area contributed by atoms with Gasteiger partial charge in [-0.2, -0.15) is 0 Å². The van der Waals surface area contributed by atoms with E-state index in [9.17, 15) is 14.4 Å². The van der Waals surface area contributed by atoms with E-state index in [2.05, 4.69) is 75.5 Å². The van der Waals surface area contributed by atoms with Crippen LogP contribution in [0.15, 0.2) is 109 Å². The molecule has 0 aliphatic rings.